The monoisotopic (exact) mass is 398 g/mol. The number of H-pyrrole nitrogens is 1. The quantitative estimate of drug-likeness (QED) is 0.417. The van der Waals surface area contributed by atoms with Crippen molar-refractivity contribution in [3.63, 3.8) is 0 Å². The molecular weight excluding hydrogens is 380 g/mol. The summed E-state index contributed by atoms with van der Waals surface area (Å²) in [5, 5.41) is 3.86. The van der Waals surface area contributed by atoms with Crippen LogP contribution in [0.25, 0.3) is 22.1 Å². The molecule has 0 fully saturated rings. The number of nitrogens with one attached hydrogen (secondary N) is 3. The largest absolute Gasteiger partial charge is 0.358 e. The number of rotatable bonds is 5. The van der Waals surface area contributed by atoms with Gasteiger partial charge in [-0.2, -0.15) is 0 Å². The average molecular weight is 398 g/mol. The first-order chi connectivity index (χ1) is 14.7. The minimum atomic E-state index is -0.347. The Hall–Kier alpha value is -4.27. The first-order valence-electron chi connectivity index (χ1n) is 9.45. The summed E-state index contributed by atoms with van der Waals surface area (Å²) >= 11 is 0. The summed E-state index contributed by atoms with van der Waals surface area (Å²) in [6.45, 7) is 1.92. The molecule has 0 saturated carbocycles. The zero-order valence-corrected chi connectivity index (χ0v) is 16.1. The molecule has 9 nitrogen and oxygen atoms in total. The van der Waals surface area contributed by atoms with Crippen LogP contribution >= 0.6 is 0 Å². The molecule has 0 bridgehead atoms. The summed E-state index contributed by atoms with van der Waals surface area (Å²) in [5.41, 5.74) is 5.67. The van der Waals surface area contributed by atoms with Crippen molar-refractivity contribution in [1.82, 2.24) is 29.6 Å². The fourth-order valence-corrected chi connectivity index (χ4v) is 3.33. The lowest BCUT2D eigenvalue weighted by atomic mass is 10.2. The van der Waals surface area contributed by atoms with Gasteiger partial charge in [0.1, 0.15) is 11.8 Å². The van der Waals surface area contributed by atoms with Crippen LogP contribution in [-0.2, 0) is 0 Å². The number of aromatic amines is 1. The van der Waals surface area contributed by atoms with E-state index in [1.165, 1.54) is 11.0 Å². The van der Waals surface area contributed by atoms with E-state index in [1.807, 2.05) is 55.5 Å². The van der Waals surface area contributed by atoms with E-state index in [0.717, 1.165) is 5.69 Å². The molecule has 0 aliphatic heterocycles. The molecule has 0 radical (unpaired) electrons. The maximum Gasteiger partial charge on any atom is 0.280 e. The van der Waals surface area contributed by atoms with Crippen molar-refractivity contribution in [1.29, 1.82) is 0 Å². The normalized spacial score (nSPS) is 12.2. The van der Waals surface area contributed by atoms with Gasteiger partial charge in [-0.05, 0) is 31.2 Å². The summed E-state index contributed by atoms with van der Waals surface area (Å²) in [5.74, 6) is 1.10. The number of hydrogen-bond donors (Lipinski definition) is 3. The van der Waals surface area contributed by atoms with E-state index in [4.69, 9.17) is 4.98 Å². The molecule has 1 atom stereocenters. The minimum Gasteiger partial charge on any atom is -0.358 e. The molecule has 0 saturated heterocycles. The molecular formula is C21H18N8O. The average Bonchev–Trinajstić information content (AvgIpc) is 3.26. The van der Waals surface area contributed by atoms with Gasteiger partial charge < -0.3 is 10.3 Å². The predicted octanol–water partition coefficient (Wildman–Crippen LogP) is 3.11. The van der Waals surface area contributed by atoms with Crippen LogP contribution in [0.3, 0.4) is 0 Å². The maximum atomic E-state index is 13.3. The highest BCUT2D eigenvalue weighted by Gasteiger charge is 2.19. The molecule has 3 aromatic heterocycles. The Kier molecular flexibility index (Phi) is 4.32. The van der Waals surface area contributed by atoms with E-state index in [2.05, 4.69) is 30.7 Å². The Balaban J connectivity index is 1.62. The lowest BCUT2D eigenvalue weighted by molar-refractivity contribution is 0.701. The highest BCUT2D eigenvalue weighted by atomic mass is 16.1. The lowest BCUT2D eigenvalue weighted by Gasteiger charge is -2.21. The lowest BCUT2D eigenvalue weighted by Crippen LogP contribution is -2.33. The number of benzene rings is 2. The summed E-state index contributed by atoms with van der Waals surface area (Å²) in [6, 6.07) is 16.5. The van der Waals surface area contributed by atoms with Crippen molar-refractivity contribution < 1.29 is 0 Å². The minimum absolute atomic E-state index is 0.178. The summed E-state index contributed by atoms with van der Waals surface area (Å²) in [4.78, 5) is 33.7. The van der Waals surface area contributed by atoms with Gasteiger partial charge in [-0.25, -0.2) is 24.6 Å². The van der Waals surface area contributed by atoms with Gasteiger partial charge in [0, 0.05) is 0 Å². The number of para-hydroxylation sites is 2. The Morgan fingerprint density at radius 1 is 1.00 bits per heavy atom. The third kappa shape index (κ3) is 3.12. The SMILES string of the molecule is CC(Nc1ncnc2nc[nH]c12)c1nc2ccccc2c(=O)n1Nc1ccccc1. The van der Waals surface area contributed by atoms with Crippen LogP contribution in [0.15, 0.2) is 72.0 Å². The second kappa shape index (κ2) is 7.28. The van der Waals surface area contributed by atoms with Crippen LogP contribution in [0.5, 0.6) is 0 Å². The van der Waals surface area contributed by atoms with E-state index in [0.29, 0.717) is 33.7 Å². The smallest absolute Gasteiger partial charge is 0.280 e. The van der Waals surface area contributed by atoms with Crippen molar-refractivity contribution in [3.05, 3.63) is 83.4 Å². The molecule has 0 aliphatic carbocycles. The van der Waals surface area contributed by atoms with Gasteiger partial charge in [-0.15, -0.1) is 0 Å². The van der Waals surface area contributed by atoms with Crippen LogP contribution in [-0.4, -0.2) is 29.6 Å². The first-order valence-corrected chi connectivity index (χ1v) is 9.45. The van der Waals surface area contributed by atoms with E-state index in [-0.39, 0.29) is 11.6 Å². The molecule has 2 aromatic carbocycles. The zero-order chi connectivity index (χ0) is 20.5. The predicted molar refractivity (Wildman–Crippen MR) is 115 cm³/mol. The number of imidazole rings is 1. The van der Waals surface area contributed by atoms with Crippen LogP contribution in [0.1, 0.15) is 18.8 Å². The van der Waals surface area contributed by atoms with Gasteiger partial charge in [0.2, 0.25) is 0 Å². The Labute approximate surface area is 170 Å². The fraction of sp³-hybridized carbons (Fsp3) is 0.0952. The molecule has 9 heteroatoms. The third-order valence-corrected chi connectivity index (χ3v) is 4.78. The van der Waals surface area contributed by atoms with Crippen molar-refractivity contribution in [2.45, 2.75) is 13.0 Å². The summed E-state index contributed by atoms with van der Waals surface area (Å²) in [7, 11) is 0. The summed E-state index contributed by atoms with van der Waals surface area (Å²) in [6.07, 6.45) is 3.01. The molecule has 0 amide bonds. The molecule has 3 N–H and O–H groups in total. The Morgan fingerprint density at radius 2 is 1.80 bits per heavy atom. The highest BCUT2D eigenvalue weighted by molar-refractivity contribution is 5.82. The van der Waals surface area contributed by atoms with Gasteiger partial charge >= 0.3 is 0 Å². The van der Waals surface area contributed by atoms with Crippen molar-refractivity contribution >= 4 is 33.6 Å². The van der Waals surface area contributed by atoms with E-state index in [9.17, 15) is 4.79 Å². The number of nitrogens with zero attached hydrogens (tertiary/aromatic N) is 5. The Bertz CT molecular complexity index is 1390. The van der Waals surface area contributed by atoms with Crippen molar-refractivity contribution in [2.24, 2.45) is 0 Å². The number of aromatic nitrogens is 6. The molecule has 0 aliphatic rings. The van der Waals surface area contributed by atoms with Crippen molar-refractivity contribution in [2.75, 3.05) is 10.7 Å². The topological polar surface area (TPSA) is 113 Å². The molecule has 3 heterocycles. The van der Waals surface area contributed by atoms with Crippen LogP contribution in [0.4, 0.5) is 11.5 Å². The van der Waals surface area contributed by atoms with Crippen LogP contribution in [0.2, 0.25) is 0 Å². The fourth-order valence-electron chi connectivity index (χ4n) is 3.33. The van der Waals surface area contributed by atoms with Gasteiger partial charge in [0.25, 0.3) is 5.56 Å². The van der Waals surface area contributed by atoms with Gasteiger partial charge in [0.15, 0.2) is 17.3 Å². The van der Waals surface area contributed by atoms with E-state index in [1.54, 1.807) is 12.4 Å². The Morgan fingerprint density at radius 3 is 2.67 bits per heavy atom. The molecule has 30 heavy (non-hydrogen) atoms. The molecule has 148 valence electrons. The van der Waals surface area contributed by atoms with E-state index >= 15 is 0 Å². The van der Waals surface area contributed by atoms with E-state index < -0.39 is 0 Å². The first kappa shape index (κ1) is 17.8. The maximum absolute atomic E-state index is 13.3. The standard InChI is InChI=1S/C21H18N8O/c1-13(26-19-17-18(23-11-22-17)24-12-25-19)20-27-16-10-6-5-9-15(16)21(30)29(20)28-14-7-3-2-4-8-14/h2-13,28H,1H3,(H2,22,23,24,25,26). The second-order valence-electron chi connectivity index (χ2n) is 6.79. The number of anilines is 2. The van der Waals surface area contributed by atoms with Crippen LogP contribution < -0.4 is 16.3 Å². The van der Waals surface area contributed by atoms with Crippen LogP contribution in [0, 0.1) is 0 Å². The molecule has 5 aromatic rings. The summed E-state index contributed by atoms with van der Waals surface area (Å²) < 4.78 is 1.47. The van der Waals surface area contributed by atoms with Gasteiger partial charge in [0.05, 0.1) is 29.0 Å². The van der Waals surface area contributed by atoms with Gasteiger partial charge in [-0.1, -0.05) is 30.3 Å². The highest BCUT2D eigenvalue weighted by Crippen LogP contribution is 2.22. The molecule has 5 rings (SSSR count). The molecule has 1 unspecified atom stereocenters. The second-order valence-corrected chi connectivity index (χ2v) is 6.79. The molecule has 0 spiro atoms. The number of hydrogen-bond acceptors (Lipinski definition) is 7. The third-order valence-electron chi connectivity index (χ3n) is 4.78. The van der Waals surface area contributed by atoms with Gasteiger partial charge in [-0.3, -0.25) is 10.2 Å². The zero-order valence-electron chi connectivity index (χ0n) is 16.1. The van der Waals surface area contributed by atoms with Crippen molar-refractivity contribution in [3.8, 4) is 0 Å². The number of fused-ring (bicyclic) bond motifs is 2.